The molecule has 5 heteroatoms. The molecule has 0 aliphatic heterocycles. The second kappa shape index (κ2) is 6.52. The number of aliphatic carboxylic acids is 1. The summed E-state index contributed by atoms with van der Waals surface area (Å²) in [6, 6.07) is 5.18. The van der Waals surface area contributed by atoms with Crippen LogP contribution in [-0.2, 0) is 11.3 Å². The van der Waals surface area contributed by atoms with E-state index in [1.54, 1.807) is 25.1 Å². The maximum atomic E-state index is 11.3. The van der Waals surface area contributed by atoms with Crippen molar-refractivity contribution in [2.75, 3.05) is 0 Å². The van der Waals surface area contributed by atoms with Gasteiger partial charge in [0.2, 0.25) is 5.91 Å². The van der Waals surface area contributed by atoms with E-state index in [-0.39, 0.29) is 0 Å². The van der Waals surface area contributed by atoms with E-state index in [4.69, 9.17) is 5.73 Å². The van der Waals surface area contributed by atoms with Crippen LogP contribution in [0.5, 0.6) is 0 Å². The summed E-state index contributed by atoms with van der Waals surface area (Å²) in [6.45, 7) is 5.96. The van der Waals surface area contributed by atoms with Gasteiger partial charge in [-0.15, -0.1) is 0 Å². The highest BCUT2D eigenvalue weighted by Crippen LogP contribution is 2.16. The number of aryl methyl sites for hydroxylation is 1. The van der Waals surface area contributed by atoms with Gasteiger partial charge in [0.25, 0.3) is 0 Å². The van der Waals surface area contributed by atoms with Crippen molar-refractivity contribution in [3.63, 3.8) is 0 Å². The van der Waals surface area contributed by atoms with E-state index in [1.807, 2.05) is 13.8 Å². The molecule has 1 aromatic rings. The van der Waals surface area contributed by atoms with Crippen molar-refractivity contribution in [1.82, 2.24) is 5.32 Å². The van der Waals surface area contributed by atoms with Gasteiger partial charge in [-0.25, -0.2) is 0 Å². The number of nitrogens with two attached hydrogens (primary N) is 1. The summed E-state index contributed by atoms with van der Waals surface area (Å²) in [5.74, 6) is -1.32. The van der Waals surface area contributed by atoms with Crippen LogP contribution in [0.1, 0.15) is 48.2 Å². The first-order valence-electron chi connectivity index (χ1n) is 6.68. The second-order valence-corrected chi connectivity index (χ2v) is 5.25. The zero-order chi connectivity index (χ0) is 15.3. The number of benzene rings is 1. The summed E-state index contributed by atoms with van der Waals surface area (Å²) >= 11 is 0. The van der Waals surface area contributed by atoms with Gasteiger partial charge in [0.1, 0.15) is 5.54 Å². The van der Waals surface area contributed by atoms with Crippen LogP contribution in [-0.4, -0.2) is 22.5 Å². The Hall–Kier alpha value is -1.88. The highest BCUT2D eigenvalue weighted by Gasteiger charge is 2.31. The van der Waals surface area contributed by atoms with Crippen molar-refractivity contribution in [3.05, 3.63) is 34.9 Å². The molecule has 20 heavy (non-hydrogen) atoms. The van der Waals surface area contributed by atoms with Crippen molar-refractivity contribution < 1.29 is 14.7 Å². The summed E-state index contributed by atoms with van der Waals surface area (Å²) in [6.07, 6.45) is 1.34. The number of carbonyl (C=O) groups is 2. The number of hydrogen-bond acceptors (Lipinski definition) is 3. The van der Waals surface area contributed by atoms with Crippen LogP contribution in [0.3, 0.4) is 0 Å². The molecule has 0 heterocycles. The highest BCUT2D eigenvalue weighted by atomic mass is 16.4. The average Bonchev–Trinajstić information content (AvgIpc) is 2.37. The predicted octanol–water partition coefficient (Wildman–Crippen LogP) is 1.83. The molecule has 1 atom stereocenters. The molecule has 0 saturated carbocycles. The first kappa shape index (κ1) is 16.2. The van der Waals surface area contributed by atoms with Gasteiger partial charge in [0.15, 0.2) is 0 Å². The summed E-state index contributed by atoms with van der Waals surface area (Å²) in [5.41, 5.74) is 6.61. The molecule has 1 aromatic carbocycles. The van der Waals surface area contributed by atoms with Gasteiger partial charge in [0.05, 0.1) is 0 Å². The fourth-order valence-electron chi connectivity index (χ4n) is 2.11. The van der Waals surface area contributed by atoms with Crippen LogP contribution in [0.25, 0.3) is 0 Å². The van der Waals surface area contributed by atoms with Crippen molar-refractivity contribution in [2.45, 2.75) is 45.7 Å². The third-order valence-electron chi connectivity index (χ3n) is 3.52. The molecular weight excluding hydrogens is 256 g/mol. The number of carboxylic acid groups (broad SMARTS) is 1. The van der Waals surface area contributed by atoms with E-state index < -0.39 is 17.4 Å². The summed E-state index contributed by atoms with van der Waals surface area (Å²) < 4.78 is 0. The molecule has 110 valence electrons. The lowest BCUT2D eigenvalue weighted by Crippen LogP contribution is -2.49. The third kappa shape index (κ3) is 3.81. The van der Waals surface area contributed by atoms with E-state index in [0.717, 1.165) is 17.5 Å². The van der Waals surface area contributed by atoms with Gasteiger partial charge < -0.3 is 10.8 Å². The average molecular weight is 278 g/mol. The summed E-state index contributed by atoms with van der Waals surface area (Å²) in [5, 5.41) is 12.4. The molecule has 0 spiro atoms. The Morgan fingerprint density at radius 1 is 1.40 bits per heavy atom. The lowest BCUT2D eigenvalue weighted by atomic mass is 9.95. The maximum absolute atomic E-state index is 11.3. The van der Waals surface area contributed by atoms with Crippen LogP contribution >= 0.6 is 0 Å². The van der Waals surface area contributed by atoms with Crippen molar-refractivity contribution in [1.29, 1.82) is 0 Å². The van der Waals surface area contributed by atoms with Crippen LogP contribution < -0.4 is 11.1 Å². The van der Waals surface area contributed by atoms with E-state index in [9.17, 15) is 14.7 Å². The molecular formula is C15H22N2O3. The first-order chi connectivity index (χ1) is 9.30. The zero-order valence-electron chi connectivity index (χ0n) is 12.2. The Balaban J connectivity index is 2.84. The fourth-order valence-corrected chi connectivity index (χ4v) is 2.11. The summed E-state index contributed by atoms with van der Waals surface area (Å²) in [4.78, 5) is 22.4. The predicted molar refractivity (Wildman–Crippen MR) is 77.5 cm³/mol. The normalized spacial score (nSPS) is 13.8. The topological polar surface area (TPSA) is 92.4 Å². The van der Waals surface area contributed by atoms with Crippen LogP contribution in [0.15, 0.2) is 18.2 Å². The van der Waals surface area contributed by atoms with Gasteiger partial charge >= 0.3 is 5.97 Å². The SMILES string of the molecule is CCCC(C)(NCc1ccc(C(N)=O)cc1C)C(=O)O. The molecule has 1 amide bonds. The minimum absolute atomic E-state index is 0.438. The van der Waals surface area contributed by atoms with Crippen molar-refractivity contribution >= 4 is 11.9 Å². The lowest BCUT2D eigenvalue weighted by Gasteiger charge is -2.26. The Morgan fingerprint density at radius 2 is 2.05 bits per heavy atom. The van der Waals surface area contributed by atoms with Gasteiger partial charge in [-0.2, -0.15) is 0 Å². The smallest absolute Gasteiger partial charge is 0.323 e. The molecule has 0 aliphatic rings. The number of nitrogens with one attached hydrogen (secondary N) is 1. The van der Waals surface area contributed by atoms with Gasteiger partial charge in [-0.1, -0.05) is 19.4 Å². The second-order valence-electron chi connectivity index (χ2n) is 5.25. The van der Waals surface area contributed by atoms with Crippen LogP contribution in [0, 0.1) is 6.92 Å². The number of hydrogen-bond donors (Lipinski definition) is 3. The first-order valence-corrected chi connectivity index (χ1v) is 6.68. The van der Waals surface area contributed by atoms with Gasteiger partial charge in [0, 0.05) is 12.1 Å². The Morgan fingerprint density at radius 3 is 2.50 bits per heavy atom. The number of primary amides is 1. The number of amides is 1. The fraction of sp³-hybridized carbons (Fsp3) is 0.467. The minimum atomic E-state index is -0.941. The van der Waals surface area contributed by atoms with Gasteiger partial charge in [-0.05, 0) is 43.5 Å². The molecule has 1 rings (SSSR count). The number of rotatable bonds is 7. The molecule has 1 unspecified atom stereocenters. The van der Waals surface area contributed by atoms with E-state index in [1.165, 1.54) is 0 Å². The Labute approximate surface area is 119 Å². The quantitative estimate of drug-likeness (QED) is 0.709. The largest absolute Gasteiger partial charge is 0.480 e. The standard InChI is InChI=1S/C15H22N2O3/c1-4-7-15(3,14(19)20)17-9-12-6-5-11(13(16)18)8-10(12)2/h5-6,8,17H,4,7,9H2,1-3H3,(H2,16,18)(H,19,20). The highest BCUT2D eigenvalue weighted by molar-refractivity contribution is 5.93. The summed E-state index contributed by atoms with van der Waals surface area (Å²) in [7, 11) is 0. The van der Waals surface area contributed by atoms with Crippen molar-refractivity contribution in [2.24, 2.45) is 5.73 Å². The monoisotopic (exact) mass is 278 g/mol. The van der Waals surface area contributed by atoms with Crippen LogP contribution in [0.4, 0.5) is 0 Å². The van der Waals surface area contributed by atoms with Crippen molar-refractivity contribution in [3.8, 4) is 0 Å². The molecule has 0 saturated heterocycles. The van der Waals surface area contributed by atoms with Crippen LogP contribution in [0.2, 0.25) is 0 Å². The molecule has 0 radical (unpaired) electrons. The van der Waals surface area contributed by atoms with E-state index in [2.05, 4.69) is 5.32 Å². The Bertz CT molecular complexity index is 514. The molecule has 0 aliphatic carbocycles. The zero-order valence-corrected chi connectivity index (χ0v) is 12.2. The van der Waals surface area contributed by atoms with Gasteiger partial charge in [-0.3, -0.25) is 14.9 Å². The third-order valence-corrected chi connectivity index (χ3v) is 3.52. The Kier molecular flexibility index (Phi) is 5.27. The minimum Gasteiger partial charge on any atom is -0.480 e. The van der Waals surface area contributed by atoms with E-state index in [0.29, 0.717) is 18.5 Å². The molecule has 0 aromatic heterocycles. The maximum Gasteiger partial charge on any atom is 0.323 e. The number of carboxylic acids is 1. The molecule has 5 nitrogen and oxygen atoms in total. The molecule has 0 fully saturated rings. The number of carbonyl (C=O) groups excluding carboxylic acids is 1. The molecule has 0 bridgehead atoms. The molecule has 4 N–H and O–H groups in total. The van der Waals surface area contributed by atoms with E-state index >= 15 is 0 Å². The lowest BCUT2D eigenvalue weighted by molar-refractivity contribution is -0.144.